The van der Waals surface area contributed by atoms with E-state index in [1.807, 2.05) is 0 Å². The van der Waals surface area contributed by atoms with Crippen molar-refractivity contribution < 1.29 is 8.78 Å². The van der Waals surface area contributed by atoms with Crippen molar-refractivity contribution in [3.8, 4) is 11.4 Å². The molecule has 1 aliphatic heterocycles. The minimum Gasteiger partial charge on any atom is -0.307 e. The monoisotopic (exact) mass is 422 g/mol. The van der Waals surface area contributed by atoms with E-state index in [9.17, 15) is 13.6 Å². The highest BCUT2D eigenvalue weighted by atomic mass is 19.1. The summed E-state index contributed by atoms with van der Waals surface area (Å²) in [6.07, 6.45) is 3.01. The molecule has 1 saturated heterocycles. The van der Waals surface area contributed by atoms with Crippen LogP contribution in [-0.2, 0) is 6.54 Å². The van der Waals surface area contributed by atoms with Crippen molar-refractivity contribution in [3.63, 3.8) is 0 Å². The Morgan fingerprint density at radius 3 is 2.61 bits per heavy atom. The number of likely N-dealkylation sites (tertiary alicyclic amines) is 1. The minimum absolute atomic E-state index is 0.0222. The van der Waals surface area contributed by atoms with Gasteiger partial charge < -0.3 is 4.98 Å². The van der Waals surface area contributed by atoms with Crippen LogP contribution in [0.2, 0.25) is 0 Å². The van der Waals surface area contributed by atoms with Crippen molar-refractivity contribution >= 4 is 5.52 Å². The Balaban J connectivity index is 1.45. The first kappa shape index (κ1) is 19.5. The van der Waals surface area contributed by atoms with Gasteiger partial charge in [0.2, 0.25) is 5.95 Å². The number of hydrogen-bond donors (Lipinski definition) is 1. The summed E-state index contributed by atoms with van der Waals surface area (Å²) in [6.45, 7) is 4.28. The minimum atomic E-state index is -0.496. The second-order valence-corrected chi connectivity index (χ2v) is 7.99. The number of aromatic amines is 1. The van der Waals surface area contributed by atoms with Gasteiger partial charge in [0.1, 0.15) is 11.6 Å². The molecule has 0 amide bonds. The highest BCUT2D eigenvalue weighted by Crippen LogP contribution is 2.31. The van der Waals surface area contributed by atoms with Gasteiger partial charge in [-0.25, -0.2) is 18.9 Å². The number of pyridine rings is 1. The van der Waals surface area contributed by atoms with E-state index in [2.05, 4.69) is 26.8 Å². The summed E-state index contributed by atoms with van der Waals surface area (Å²) < 4.78 is 27.9. The van der Waals surface area contributed by atoms with Crippen LogP contribution in [0.5, 0.6) is 0 Å². The Kier molecular flexibility index (Phi) is 4.82. The molecule has 1 fully saturated rings. The normalized spacial score (nSPS) is 19.3. The molecule has 9 heteroatoms. The van der Waals surface area contributed by atoms with E-state index >= 15 is 0 Å². The molecule has 0 saturated carbocycles. The first-order chi connectivity index (χ1) is 15.0. The van der Waals surface area contributed by atoms with E-state index in [1.165, 1.54) is 28.9 Å². The van der Waals surface area contributed by atoms with Crippen LogP contribution in [0.1, 0.15) is 24.2 Å². The zero-order valence-electron chi connectivity index (χ0n) is 16.8. The van der Waals surface area contributed by atoms with Gasteiger partial charge in [0.25, 0.3) is 5.56 Å². The molecule has 1 N–H and O–H groups in total. The van der Waals surface area contributed by atoms with Crippen LogP contribution in [0.25, 0.3) is 16.9 Å². The first-order valence-electron chi connectivity index (χ1n) is 10.0. The average molecular weight is 422 g/mol. The second-order valence-electron chi connectivity index (χ2n) is 7.99. The fraction of sp³-hybridized carbons (Fsp3) is 0.273. The molecule has 0 radical (unpaired) electrons. The number of fused-ring (bicyclic) bond motifs is 1. The first-order valence-corrected chi connectivity index (χ1v) is 10.0. The molecule has 1 aromatic carbocycles. The third-order valence-electron chi connectivity index (χ3n) is 5.76. The van der Waals surface area contributed by atoms with Gasteiger partial charge >= 0.3 is 0 Å². The van der Waals surface area contributed by atoms with E-state index < -0.39 is 5.95 Å². The Bertz CT molecular complexity index is 1280. The fourth-order valence-electron chi connectivity index (χ4n) is 4.19. The van der Waals surface area contributed by atoms with Crippen LogP contribution in [0.15, 0.2) is 53.6 Å². The zero-order chi connectivity index (χ0) is 21.5. The molecule has 0 bridgehead atoms. The molecule has 158 valence electrons. The highest BCUT2D eigenvalue weighted by Gasteiger charge is 2.33. The number of benzene rings is 1. The zero-order valence-corrected chi connectivity index (χ0v) is 16.8. The molecule has 2 atom stereocenters. The topological polar surface area (TPSA) is 79.2 Å². The van der Waals surface area contributed by atoms with E-state index in [4.69, 9.17) is 5.10 Å². The Morgan fingerprint density at radius 2 is 1.87 bits per heavy atom. The number of hydrogen-bond acceptors (Lipinski definition) is 5. The van der Waals surface area contributed by atoms with Crippen molar-refractivity contribution in [2.45, 2.75) is 19.4 Å². The van der Waals surface area contributed by atoms with Gasteiger partial charge in [-0.15, -0.1) is 0 Å². The van der Waals surface area contributed by atoms with Crippen LogP contribution in [-0.4, -0.2) is 42.6 Å². The van der Waals surface area contributed by atoms with Crippen LogP contribution in [0.4, 0.5) is 8.78 Å². The molecule has 4 heterocycles. The Morgan fingerprint density at radius 1 is 1.06 bits per heavy atom. The van der Waals surface area contributed by atoms with Crippen molar-refractivity contribution in [3.05, 3.63) is 82.3 Å². The van der Waals surface area contributed by atoms with E-state index in [0.29, 0.717) is 35.8 Å². The van der Waals surface area contributed by atoms with Gasteiger partial charge in [0.05, 0.1) is 6.20 Å². The third kappa shape index (κ3) is 3.72. The lowest BCUT2D eigenvalue weighted by Gasteiger charge is -2.15. The standard InChI is InChI=1S/C22H20F2N6O/c1-13-10-29(11-14-2-7-19(24)25-8-14)12-17(13)20-27-22(31)18-9-26-21(30(18)28-20)15-3-5-16(23)6-4-15/h2-9,13,17H,10-12H2,1H3,(H,27,28,31). The molecule has 0 aliphatic carbocycles. The quantitative estimate of drug-likeness (QED) is 0.512. The third-order valence-corrected chi connectivity index (χ3v) is 5.76. The van der Waals surface area contributed by atoms with Gasteiger partial charge in [-0.1, -0.05) is 13.0 Å². The van der Waals surface area contributed by atoms with Crippen molar-refractivity contribution in [2.24, 2.45) is 5.92 Å². The van der Waals surface area contributed by atoms with Crippen molar-refractivity contribution in [2.75, 3.05) is 13.1 Å². The molecule has 4 aromatic rings. The van der Waals surface area contributed by atoms with Crippen molar-refractivity contribution in [1.82, 2.24) is 29.5 Å². The van der Waals surface area contributed by atoms with Crippen molar-refractivity contribution in [1.29, 1.82) is 0 Å². The molecule has 7 nitrogen and oxygen atoms in total. The smallest absolute Gasteiger partial charge is 0.276 e. The maximum absolute atomic E-state index is 13.3. The highest BCUT2D eigenvalue weighted by molar-refractivity contribution is 5.60. The number of aromatic nitrogens is 5. The van der Waals surface area contributed by atoms with Crippen LogP contribution < -0.4 is 5.56 Å². The van der Waals surface area contributed by atoms with Gasteiger partial charge in [-0.3, -0.25) is 9.69 Å². The molecular weight excluding hydrogens is 402 g/mol. The molecule has 2 unspecified atom stereocenters. The second kappa shape index (κ2) is 7.66. The predicted molar refractivity (Wildman–Crippen MR) is 110 cm³/mol. The summed E-state index contributed by atoms with van der Waals surface area (Å²) in [4.78, 5) is 25.9. The molecule has 31 heavy (non-hydrogen) atoms. The van der Waals surface area contributed by atoms with Crippen LogP contribution in [0.3, 0.4) is 0 Å². The van der Waals surface area contributed by atoms with Gasteiger partial charge in [-0.2, -0.15) is 9.49 Å². The summed E-state index contributed by atoms with van der Waals surface area (Å²) >= 11 is 0. The van der Waals surface area contributed by atoms with Gasteiger partial charge in [0.15, 0.2) is 11.3 Å². The number of imidazole rings is 1. The molecule has 1 aliphatic rings. The summed E-state index contributed by atoms with van der Waals surface area (Å²) in [6, 6.07) is 9.02. The lowest BCUT2D eigenvalue weighted by atomic mass is 9.97. The maximum atomic E-state index is 13.3. The van der Waals surface area contributed by atoms with E-state index in [1.54, 1.807) is 24.4 Å². The molecule has 3 aromatic heterocycles. The van der Waals surface area contributed by atoms with Crippen LogP contribution in [0, 0.1) is 17.7 Å². The van der Waals surface area contributed by atoms with E-state index in [-0.39, 0.29) is 23.2 Å². The summed E-state index contributed by atoms with van der Waals surface area (Å²) in [5.41, 5.74) is 1.68. The van der Waals surface area contributed by atoms with E-state index in [0.717, 1.165) is 12.1 Å². The van der Waals surface area contributed by atoms with Crippen LogP contribution >= 0.6 is 0 Å². The Labute approximate surface area is 176 Å². The number of H-pyrrole nitrogens is 1. The average Bonchev–Trinajstić information content (AvgIpc) is 3.34. The SMILES string of the molecule is CC1CN(Cc2ccc(F)nc2)CC1c1nn2c(-c3ccc(F)cc3)ncc2c(=O)[nH]1. The lowest BCUT2D eigenvalue weighted by Crippen LogP contribution is -2.23. The Hall–Kier alpha value is -3.46. The summed E-state index contributed by atoms with van der Waals surface area (Å²) in [5, 5.41) is 4.70. The molecule has 5 rings (SSSR count). The fourth-order valence-corrected chi connectivity index (χ4v) is 4.19. The van der Waals surface area contributed by atoms with Gasteiger partial charge in [-0.05, 0) is 41.8 Å². The number of nitrogens with zero attached hydrogens (tertiary/aromatic N) is 5. The summed E-state index contributed by atoms with van der Waals surface area (Å²) in [7, 11) is 0. The molecular formula is C22H20F2N6O. The number of nitrogens with one attached hydrogen (secondary N) is 1. The summed E-state index contributed by atoms with van der Waals surface area (Å²) in [5.74, 6) is 0.519. The number of rotatable bonds is 4. The molecule has 0 spiro atoms. The predicted octanol–water partition coefficient (Wildman–Crippen LogP) is 2.99. The lowest BCUT2D eigenvalue weighted by molar-refractivity contribution is 0.317. The maximum Gasteiger partial charge on any atom is 0.276 e. The largest absolute Gasteiger partial charge is 0.307 e. The van der Waals surface area contributed by atoms with Gasteiger partial charge in [0, 0.05) is 37.3 Å². The number of halogens is 2.